The molecular weight excluding hydrogens is 443 g/mol. The molecule has 0 aliphatic rings. The van der Waals surface area contributed by atoms with Crippen LogP contribution in [0.1, 0.15) is 29.7 Å². The topological polar surface area (TPSA) is 71.3 Å². The van der Waals surface area contributed by atoms with Crippen molar-refractivity contribution in [3.8, 4) is 17.6 Å². The molecular formula is C26H22ClFN2O3. The second-order valence-corrected chi connectivity index (χ2v) is 7.55. The van der Waals surface area contributed by atoms with Crippen molar-refractivity contribution in [2.24, 2.45) is 0 Å². The zero-order valence-electron chi connectivity index (χ0n) is 18.1. The summed E-state index contributed by atoms with van der Waals surface area (Å²) in [5, 5.41) is 12.7. The smallest absolute Gasteiger partial charge is 0.262 e. The van der Waals surface area contributed by atoms with Gasteiger partial charge in [0.15, 0.2) is 11.5 Å². The Morgan fingerprint density at radius 1 is 1.15 bits per heavy atom. The van der Waals surface area contributed by atoms with Gasteiger partial charge in [-0.3, -0.25) is 4.79 Å². The molecule has 0 bridgehead atoms. The van der Waals surface area contributed by atoms with E-state index in [0.717, 1.165) is 5.56 Å². The van der Waals surface area contributed by atoms with E-state index < -0.39 is 11.7 Å². The summed E-state index contributed by atoms with van der Waals surface area (Å²) in [5.41, 5.74) is 1.42. The molecule has 1 atom stereocenters. The average Bonchev–Trinajstić information content (AvgIpc) is 2.83. The number of methoxy groups -OCH3 is 1. The molecule has 3 aromatic rings. The Balaban J connectivity index is 1.88. The highest BCUT2D eigenvalue weighted by Gasteiger charge is 2.17. The second-order valence-electron chi connectivity index (χ2n) is 7.14. The number of nitriles is 1. The maximum atomic E-state index is 14.2. The van der Waals surface area contributed by atoms with Crippen molar-refractivity contribution < 1.29 is 18.7 Å². The van der Waals surface area contributed by atoms with Crippen LogP contribution in [0.15, 0.2) is 72.3 Å². The lowest BCUT2D eigenvalue weighted by molar-refractivity contribution is -0.117. The number of halogens is 2. The van der Waals surface area contributed by atoms with Gasteiger partial charge in [0.2, 0.25) is 0 Å². The fraction of sp³-hybridized carbons (Fsp3) is 0.154. The highest BCUT2D eigenvalue weighted by Crippen LogP contribution is 2.34. The van der Waals surface area contributed by atoms with Crippen LogP contribution >= 0.6 is 11.6 Å². The van der Waals surface area contributed by atoms with Crippen molar-refractivity contribution in [3.05, 3.63) is 99.8 Å². The van der Waals surface area contributed by atoms with E-state index in [4.69, 9.17) is 21.1 Å². The van der Waals surface area contributed by atoms with Gasteiger partial charge in [-0.15, -0.1) is 0 Å². The van der Waals surface area contributed by atoms with E-state index in [1.165, 1.54) is 25.3 Å². The summed E-state index contributed by atoms with van der Waals surface area (Å²) < 4.78 is 25.4. The van der Waals surface area contributed by atoms with E-state index >= 15 is 0 Å². The Morgan fingerprint density at radius 2 is 1.88 bits per heavy atom. The van der Waals surface area contributed by atoms with Gasteiger partial charge in [0.25, 0.3) is 5.91 Å². The van der Waals surface area contributed by atoms with Gasteiger partial charge in [0.05, 0.1) is 18.2 Å². The third-order valence-corrected chi connectivity index (χ3v) is 5.32. The molecule has 0 heterocycles. The molecule has 0 saturated heterocycles. The zero-order valence-corrected chi connectivity index (χ0v) is 18.9. The van der Waals surface area contributed by atoms with Gasteiger partial charge in [0.1, 0.15) is 24.1 Å². The number of amides is 1. The maximum Gasteiger partial charge on any atom is 0.262 e. The van der Waals surface area contributed by atoms with Crippen LogP contribution in [0.3, 0.4) is 0 Å². The van der Waals surface area contributed by atoms with Crippen LogP contribution < -0.4 is 14.8 Å². The molecule has 0 fully saturated rings. The monoisotopic (exact) mass is 464 g/mol. The molecule has 0 aliphatic carbocycles. The van der Waals surface area contributed by atoms with Crippen LogP contribution in [0.2, 0.25) is 5.02 Å². The summed E-state index contributed by atoms with van der Waals surface area (Å²) >= 11 is 6.10. The highest BCUT2D eigenvalue weighted by molar-refractivity contribution is 6.31. The van der Waals surface area contributed by atoms with E-state index in [9.17, 15) is 14.4 Å². The van der Waals surface area contributed by atoms with E-state index in [-0.39, 0.29) is 34.6 Å². The Labute approximate surface area is 197 Å². The molecule has 3 aromatic carbocycles. The van der Waals surface area contributed by atoms with Crippen LogP contribution in [-0.4, -0.2) is 13.0 Å². The number of carbonyl (C=O) groups is 1. The SMILES string of the molecule is COc1cccc(/C=C(/C#N)C(=O)N[C@H](C)c2ccccc2)c1OCc1c(F)cccc1Cl. The summed E-state index contributed by atoms with van der Waals surface area (Å²) in [4.78, 5) is 12.8. The van der Waals surface area contributed by atoms with Crippen molar-refractivity contribution in [1.82, 2.24) is 5.32 Å². The van der Waals surface area contributed by atoms with Crippen molar-refractivity contribution in [2.75, 3.05) is 7.11 Å². The minimum absolute atomic E-state index is 0.111. The maximum absolute atomic E-state index is 14.2. The fourth-order valence-corrected chi connectivity index (χ4v) is 3.40. The normalized spacial score (nSPS) is 11.9. The van der Waals surface area contributed by atoms with Crippen molar-refractivity contribution >= 4 is 23.6 Å². The second kappa shape index (κ2) is 11.2. The van der Waals surface area contributed by atoms with Gasteiger partial charge in [-0.25, -0.2) is 4.39 Å². The standard InChI is InChI=1S/C26H22ClFN2O3/c1-17(18-8-4-3-5-9-18)30-26(31)20(15-29)14-19-10-6-13-24(32-2)25(19)33-16-21-22(27)11-7-12-23(21)28/h3-14,17H,16H2,1-2H3,(H,30,31)/b20-14-/t17-/m1/s1. The van der Waals surface area contributed by atoms with Crippen LogP contribution in [0.4, 0.5) is 4.39 Å². The third-order valence-electron chi connectivity index (χ3n) is 4.96. The molecule has 0 aliphatic heterocycles. The van der Waals surface area contributed by atoms with Crippen LogP contribution in [0, 0.1) is 17.1 Å². The van der Waals surface area contributed by atoms with Crippen molar-refractivity contribution in [3.63, 3.8) is 0 Å². The number of nitrogens with zero attached hydrogens (tertiary/aromatic N) is 1. The molecule has 7 heteroatoms. The van der Waals surface area contributed by atoms with Crippen molar-refractivity contribution in [2.45, 2.75) is 19.6 Å². The summed E-state index contributed by atoms with van der Waals surface area (Å²) in [7, 11) is 1.46. The van der Waals surface area contributed by atoms with Gasteiger partial charge < -0.3 is 14.8 Å². The molecule has 33 heavy (non-hydrogen) atoms. The predicted molar refractivity (Wildman–Crippen MR) is 125 cm³/mol. The summed E-state index contributed by atoms with van der Waals surface area (Å²) in [6.45, 7) is 1.67. The first kappa shape index (κ1) is 23.8. The van der Waals surface area contributed by atoms with Gasteiger partial charge in [0, 0.05) is 11.1 Å². The Morgan fingerprint density at radius 3 is 2.55 bits per heavy atom. The minimum Gasteiger partial charge on any atom is -0.493 e. The number of nitrogens with one attached hydrogen (secondary N) is 1. The Bertz CT molecular complexity index is 1190. The first-order valence-electron chi connectivity index (χ1n) is 10.1. The summed E-state index contributed by atoms with van der Waals surface area (Å²) in [6.07, 6.45) is 1.41. The van der Waals surface area contributed by atoms with Gasteiger partial charge >= 0.3 is 0 Å². The van der Waals surface area contributed by atoms with E-state index in [1.807, 2.05) is 43.3 Å². The minimum atomic E-state index is -0.528. The predicted octanol–water partition coefficient (Wildman–Crippen LogP) is 5.85. The number of carbonyl (C=O) groups excluding carboxylic acids is 1. The van der Waals surface area contributed by atoms with Gasteiger partial charge in [-0.1, -0.05) is 60.1 Å². The number of para-hydroxylation sites is 1. The quantitative estimate of drug-likeness (QED) is 0.335. The molecule has 0 radical (unpaired) electrons. The lowest BCUT2D eigenvalue weighted by Crippen LogP contribution is -2.27. The molecule has 3 rings (SSSR count). The average molecular weight is 465 g/mol. The number of benzene rings is 3. The van der Waals surface area contributed by atoms with Gasteiger partial charge in [-0.05, 0) is 36.8 Å². The fourth-order valence-electron chi connectivity index (χ4n) is 3.18. The van der Waals surface area contributed by atoms with Crippen LogP contribution in [-0.2, 0) is 11.4 Å². The van der Waals surface area contributed by atoms with E-state index in [2.05, 4.69) is 5.32 Å². The molecule has 0 aromatic heterocycles. The Kier molecular flexibility index (Phi) is 8.06. The summed E-state index contributed by atoms with van der Waals surface area (Å²) in [6, 6.07) is 20.5. The molecule has 1 N–H and O–H groups in total. The largest absolute Gasteiger partial charge is 0.493 e. The van der Waals surface area contributed by atoms with Crippen LogP contribution in [0.5, 0.6) is 11.5 Å². The highest BCUT2D eigenvalue weighted by atomic mass is 35.5. The van der Waals surface area contributed by atoms with Crippen LogP contribution in [0.25, 0.3) is 6.08 Å². The number of rotatable bonds is 8. The number of ether oxygens (including phenoxy) is 2. The molecule has 168 valence electrons. The van der Waals surface area contributed by atoms with Gasteiger partial charge in [-0.2, -0.15) is 5.26 Å². The van der Waals surface area contributed by atoms with E-state index in [1.54, 1.807) is 24.3 Å². The Hall–Kier alpha value is -3.82. The first-order chi connectivity index (χ1) is 15.9. The molecule has 0 saturated carbocycles. The molecule has 0 unspecified atom stereocenters. The number of hydrogen-bond acceptors (Lipinski definition) is 4. The molecule has 0 spiro atoms. The van der Waals surface area contributed by atoms with Crippen molar-refractivity contribution in [1.29, 1.82) is 5.26 Å². The lowest BCUT2D eigenvalue weighted by atomic mass is 10.1. The summed E-state index contributed by atoms with van der Waals surface area (Å²) in [5.74, 6) is -0.399. The zero-order chi connectivity index (χ0) is 23.8. The molecule has 1 amide bonds. The number of hydrogen-bond donors (Lipinski definition) is 1. The lowest BCUT2D eigenvalue weighted by Gasteiger charge is -2.16. The van der Waals surface area contributed by atoms with E-state index in [0.29, 0.717) is 11.3 Å². The molecule has 5 nitrogen and oxygen atoms in total. The third kappa shape index (κ3) is 5.91. The first-order valence-corrected chi connectivity index (χ1v) is 10.5.